The zero-order chi connectivity index (χ0) is 18.7. The highest BCUT2D eigenvalue weighted by Crippen LogP contribution is 2.29. The van der Waals surface area contributed by atoms with Crippen molar-refractivity contribution in [2.45, 2.75) is 11.8 Å². The van der Waals surface area contributed by atoms with Crippen LogP contribution in [-0.4, -0.2) is 46.0 Å². The lowest BCUT2D eigenvalue weighted by atomic mass is 10.2. The van der Waals surface area contributed by atoms with Crippen molar-refractivity contribution in [1.29, 1.82) is 5.26 Å². The van der Waals surface area contributed by atoms with Crippen LogP contribution in [-0.2, 0) is 10.0 Å². The Balaban J connectivity index is 1.79. The molecule has 0 saturated carbocycles. The Morgan fingerprint density at radius 2 is 1.81 bits per heavy atom. The van der Waals surface area contributed by atoms with Crippen LogP contribution in [0.15, 0.2) is 47.4 Å². The highest BCUT2D eigenvalue weighted by molar-refractivity contribution is 7.89. The molecule has 1 aliphatic heterocycles. The summed E-state index contributed by atoms with van der Waals surface area (Å²) in [6.45, 7) is 3.77. The van der Waals surface area contributed by atoms with E-state index in [1.807, 2.05) is 31.2 Å². The molecular formula is C19H21N3O3S. The van der Waals surface area contributed by atoms with Crippen LogP contribution < -0.4 is 9.64 Å². The van der Waals surface area contributed by atoms with Crippen molar-refractivity contribution in [1.82, 2.24) is 4.31 Å². The van der Waals surface area contributed by atoms with Gasteiger partial charge in [-0.3, -0.25) is 0 Å². The van der Waals surface area contributed by atoms with Gasteiger partial charge in [0.1, 0.15) is 10.6 Å². The van der Waals surface area contributed by atoms with Crippen LogP contribution in [0.2, 0.25) is 0 Å². The molecule has 0 radical (unpaired) electrons. The molecule has 0 unspecified atom stereocenters. The molecule has 1 aliphatic rings. The zero-order valence-corrected chi connectivity index (χ0v) is 15.7. The van der Waals surface area contributed by atoms with E-state index >= 15 is 0 Å². The summed E-state index contributed by atoms with van der Waals surface area (Å²) in [5.74, 6) is 0.361. The molecule has 1 fully saturated rings. The highest BCUT2D eigenvalue weighted by Gasteiger charge is 2.31. The molecule has 7 heteroatoms. The largest absolute Gasteiger partial charge is 0.495 e. The van der Waals surface area contributed by atoms with Crippen LogP contribution in [0.25, 0.3) is 0 Å². The third kappa shape index (κ3) is 3.52. The molecule has 3 rings (SSSR count). The SMILES string of the molecule is COc1ccc(C)cc1S(=O)(=O)N1CCN(c2cccc(C#N)c2)CC1. The van der Waals surface area contributed by atoms with E-state index in [9.17, 15) is 8.42 Å². The van der Waals surface area contributed by atoms with E-state index in [-0.39, 0.29) is 4.90 Å². The molecular weight excluding hydrogens is 350 g/mol. The second kappa shape index (κ2) is 7.36. The summed E-state index contributed by atoms with van der Waals surface area (Å²) in [7, 11) is -2.14. The minimum atomic E-state index is -3.62. The third-order valence-electron chi connectivity index (χ3n) is 4.52. The third-order valence-corrected chi connectivity index (χ3v) is 6.44. The Morgan fingerprint density at radius 1 is 1.08 bits per heavy atom. The number of hydrogen-bond donors (Lipinski definition) is 0. The van der Waals surface area contributed by atoms with Gasteiger partial charge in [0.25, 0.3) is 0 Å². The molecule has 0 aliphatic carbocycles. The fraction of sp³-hybridized carbons (Fsp3) is 0.316. The fourth-order valence-corrected chi connectivity index (χ4v) is 4.75. The van der Waals surface area contributed by atoms with Gasteiger partial charge in [-0.1, -0.05) is 12.1 Å². The molecule has 0 spiro atoms. The molecule has 0 atom stereocenters. The molecule has 26 heavy (non-hydrogen) atoms. The van der Waals surface area contributed by atoms with Crippen LogP contribution >= 0.6 is 0 Å². The first kappa shape index (κ1) is 18.2. The van der Waals surface area contributed by atoms with E-state index in [2.05, 4.69) is 11.0 Å². The molecule has 0 amide bonds. The van der Waals surface area contributed by atoms with Crippen LogP contribution in [0.1, 0.15) is 11.1 Å². The normalized spacial score (nSPS) is 15.5. The predicted octanol–water partition coefficient (Wildman–Crippen LogP) is 2.39. The van der Waals surface area contributed by atoms with Gasteiger partial charge in [-0.25, -0.2) is 8.42 Å². The molecule has 0 aromatic heterocycles. The number of rotatable bonds is 4. The van der Waals surface area contributed by atoms with Gasteiger partial charge in [0, 0.05) is 31.9 Å². The van der Waals surface area contributed by atoms with Crippen LogP contribution in [0, 0.1) is 18.3 Å². The van der Waals surface area contributed by atoms with Gasteiger partial charge in [-0.05, 0) is 42.8 Å². The van der Waals surface area contributed by atoms with Gasteiger partial charge in [0.05, 0.1) is 18.7 Å². The number of piperazine rings is 1. The van der Waals surface area contributed by atoms with Crippen LogP contribution in [0.4, 0.5) is 5.69 Å². The van der Waals surface area contributed by atoms with Crippen molar-refractivity contribution in [3.8, 4) is 11.8 Å². The highest BCUT2D eigenvalue weighted by atomic mass is 32.2. The second-order valence-corrected chi connectivity index (χ2v) is 8.11. The second-order valence-electron chi connectivity index (χ2n) is 6.21. The molecule has 1 saturated heterocycles. The zero-order valence-electron chi connectivity index (χ0n) is 14.8. The summed E-state index contributed by atoms with van der Waals surface area (Å²) in [4.78, 5) is 2.31. The summed E-state index contributed by atoms with van der Waals surface area (Å²) >= 11 is 0. The topological polar surface area (TPSA) is 73.6 Å². The monoisotopic (exact) mass is 371 g/mol. The van der Waals surface area contributed by atoms with Crippen molar-refractivity contribution >= 4 is 15.7 Å². The maximum absolute atomic E-state index is 13.0. The Morgan fingerprint density at radius 3 is 2.46 bits per heavy atom. The smallest absolute Gasteiger partial charge is 0.246 e. The van der Waals surface area contributed by atoms with Gasteiger partial charge >= 0.3 is 0 Å². The first-order chi connectivity index (χ1) is 12.5. The van der Waals surface area contributed by atoms with E-state index < -0.39 is 10.0 Å². The summed E-state index contributed by atoms with van der Waals surface area (Å²) in [5.41, 5.74) is 2.41. The molecule has 0 bridgehead atoms. The molecule has 2 aromatic carbocycles. The summed E-state index contributed by atoms with van der Waals surface area (Å²) < 4.78 is 32.8. The summed E-state index contributed by atoms with van der Waals surface area (Å²) in [6, 6.07) is 14.7. The summed E-state index contributed by atoms with van der Waals surface area (Å²) in [5, 5.41) is 9.04. The van der Waals surface area contributed by atoms with Gasteiger partial charge < -0.3 is 9.64 Å². The maximum Gasteiger partial charge on any atom is 0.246 e. The van der Waals surface area contributed by atoms with Crippen molar-refractivity contribution in [2.75, 3.05) is 38.2 Å². The van der Waals surface area contributed by atoms with Crippen molar-refractivity contribution in [3.63, 3.8) is 0 Å². The van der Waals surface area contributed by atoms with Gasteiger partial charge in [-0.15, -0.1) is 0 Å². The Labute approximate surface area is 154 Å². The predicted molar refractivity (Wildman–Crippen MR) is 99.9 cm³/mol. The Kier molecular flexibility index (Phi) is 5.16. The van der Waals surface area contributed by atoms with Gasteiger partial charge in [-0.2, -0.15) is 9.57 Å². The van der Waals surface area contributed by atoms with E-state index in [4.69, 9.17) is 10.00 Å². The minimum absolute atomic E-state index is 0.208. The number of nitrogens with zero attached hydrogens (tertiary/aromatic N) is 3. The number of nitriles is 1. The summed E-state index contributed by atoms with van der Waals surface area (Å²) in [6.07, 6.45) is 0. The number of aryl methyl sites for hydroxylation is 1. The number of hydrogen-bond acceptors (Lipinski definition) is 5. The number of methoxy groups -OCH3 is 1. The van der Waals surface area contributed by atoms with Crippen LogP contribution in [0.3, 0.4) is 0 Å². The molecule has 2 aromatic rings. The lowest BCUT2D eigenvalue weighted by Crippen LogP contribution is -2.48. The van der Waals surface area contributed by atoms with Crippen molar-refractivity contribution in [3.05, 3.63) is 53.6 Å². The van der Waals surface area contributed by atoms with Gasteiger partial charge in [0.2, 0.25) is 10.0 Å². The molecule has 6 nitrogen and oxygen atoms in total. The number of anilines is 1. The maximum atomic E-state index is 13.0. The Bertz CT molecular complexity index is 943. The van der Waals surface area contributed by atoms with Crippen molar-refractivity contribution in [2.24, 2.45) is 0 Å². The molecule has 136 valence electrons. The van der Waals surface area contributed by atoms with E-state index in [1.165, 1.54) is 11.4 Å². The fourth-order valence-electron chi connectivity index (χ4n) is 3.08. The number of ether oxygens (including phenoxy) is 1. The lowest BCUT2D eigenvalue weighted by molar-refractivity contribution is 0.374. The van der Waals surface area contributed by atoms with E-state index in [1.54, 1.807) is 18.2 Å². The number of benzene rings is 2. The van der Waals surface area contributed by atoms with E-state index in [0.29, 0.717) is 37.5 Å². The quantitative estimate of drug-likeness (QED) is 0.825. The van der Waals surface area contributed by atoms with Gasteiger partial charge in [0.15, 0.2) is 0 Å². The molecule has 1 heterocycles. The Hall–Kier alpha value is -2.56. The average Bonchev–Trinajstić information content (AvgIpc) is 2.68. The number of sulfonamides is 1. The average molecular weight is 371 g/mol. The van der Waals surface area contributed by atoms with E-state index in [0.717, 1.165) is 11.3 Å². The van der Waals surface area contributed by atoms with Crippen molar-refractivity contribution < 1.29 is 13.2 Å². The first-order valence-corrected chi connectivity index (χ1v) is 9.79. The lowest BCUT2D eigenvalue weighted by Gasteiger charge is -2.35. The van der Waals surface area contributed by atoms with Crippen LogP contribution in [0.5, 0.6) is 5.75 Å². The first-order valence-electron chi connectivity index (χ1n) is 8.35. The minimum Gasteiger partial charge on any atom is -0.495 e. The molecule has 0 N–H and O–H groups in total. The standard InChI is InChI=1S/C19H21N3O3S/c1-15-6-7-18(25-2)19(12-15)26(23,24)22-10-8-21(9-11-22)17-5-3-4-16(13-17)14-20/h3-7,12-13H,8-11H2,1-2H3.